The average Bonchev–Trinajstić information content (AvgIpc) is 2.37. The zero-order valence-corrected chi connectivity index (χ0v) is 13.8. The summed E-state index contributed by atoms with van der Waals surface area (Å²) in [7, 11) is 0. The van der Waals surface area contributed by atoms with Crippen molar-refractivity contribution in [3.63, 3.8) is 0 Å². The summed E-state index contributed by atoms with van der Waals surface area (Å²) in [5.74, 6) is 2.48. The first-order valence-corrected chi connectivity index (χ1v) is 8.30. The lowest BCUT2D eigenvalue weighted by Crippen LogP contribution is -2.39. The van der Waals surface area contributed by atoms with E-state index in [4.69, 9.17) is 0 Å². The Balaban J connectivity index is 4.34. The fourth-order valence-electron chi connectivity index (χ4n) is 2.62. The molecular weight excluding hydrogens is 218 g/mol. The van der Waals surface area contributed by atoms with Crippen LogP contribution in [0, 0.1) is 17.8 Å². The van der Waals surface area contributed by atoms with Crippen molar-refractivity contribution < 1.29 is 0 Å². The van der Waals surface area contributed by atoms with E-state index in [-0.39, 0.29) is 0 Å². The number of nitrogens with one attached hydrogen (secondary N) is 1. The van der Waals surface area contributed by atoms with E-state index in [2.05, 4.69) is 46.9 Å². The largest absolute Gasteiger partial charge is 0.314 e. The second-order valence-corrected chi connectivity index (χ2v) is 6.32. The Morgan fingerprint density at radius 3 is 2.06 bits per heavy atom. The summed E-state index contributed by atoms with van der Waals surface area (Å²) in [6.07, 6.45) is 8.11. The summed E-state index contributed by atoms with van der Waals surface area (Å²) in [5, 5.41) is 3.79. The number of hydrogen-bond acceptors (Lipinski definition) is 1. The van der Waals surface area contributed by atoms with Crippen LogP contribution in [-0.2, 0) is 0 Å². The highest BCUT2D eigenvalue weighted by molar-refractivity contribution is 4.78. The molecule has 0 saturated carbocycles. The predicted molar refractivity (Wildman–Crippen MR) is 84.0 cm³/mol. The van der Waals surface area contributed by atoms with Gasteiger partial charge in [0.05, 0.1) is 0 Å². The molecule has 3 unspecified atom stereocenters. The lowest BCUT2D eigenvalue weighted by Gasteiger charge is -2.31. The standard InChI is InChI=1S/C17H37N/c1-7-10-11-16(9-3)13-17(18-12-8-2)15(6)14(4)5/h14-18H,7-13H2,1-6H3. The summed E-state index contributed by atoms with van der Waals surface area (Å²) >= 11 is 0. The Bertz CT molecular complexity index is 176. The lowest BCUT2D eigenvalue weighted by molar-refractivity contribution is 0.244. The van der Waals surface area contributed by atoms with Crippen LogP contribution in [-0.4, -0.2) is 12.6 Å². The molecule has 0 bridgehead atoms. The number of rotatable bonds is 11. The molecule has 0 fully saturated rings. The van der Waals surface area contributed by atoms with E-state index in [9.17, 15) is 0 Å². The maximum atomic E-state index is 3.79. The average molecular weight is 255 g/mol. The summed E-state index contributed by atoms with van der Waals surface area (Å²) in [6.45, 7) is 15.2. The molecule has 0 saturated heterocycles. The van der Waals surface area contributed by atoms with E-state index in [1.807, 2.05) is 0 Å². The van der Waals surface area contributed by atoms with E-state index in [1.165, 1.54) is 45.1 Å². The molecular formula is C17H37N. The van der Waals surface area contributed by atoms with Crippen molar-refractivity contribution in [2.24, 2.45) is 17.8 Å². The molecule has 0 aliphatic heterocycles. The summed E-state index contributed by atoms with van der Waals surface area (Å²) in [4.78, 5) is 0. The van der Waals surface area contributed by atoms with E-state index >= 15 is 0 Å². The van der Waals surface area contributed by atoms with Gasteiger partial charge in [-0.25, -0.2) is 0 Å². The second kappa shape index (κ2) is 10.8. The van der Waals surface area contributed by atoms with E-state index in [0.717, 1.165) is 17.8 Å². The Morgan fingerprint density at radius 1 is 0.944 bits per heavy atom. The molecule has 0 rings (SSSR count). The van der Waals surface area contributed by atoms with Crippen molar-refractivity contribution in [2.75, 3.05) is 6.54 Å². The monoisotopic (exact) mass is 255 g/mol. The van der Waals surface area contributed by atoms with E-state index < -0.39 is 0 Å². The molecule has 1 nitrogen and oxygen atoms in total. The Morgan fingerprint density at radius 2 is 1.61 bits per heavy atom. The lowest BCUT2D eigenvalue weighted by atomic mass is 9.82. The highest BCUT2D eigenvalue weighted by atomic mass is 14.9. The van der Waals surface area contributed by atoms with Gasteiger partial charge in [-0.3, -0.25) is 0 Å². The SMILES string of the molecule is CCCCC(CC)CC(NCCC)C(C)C(C)C. The van der Waals surface area contributed by atoms with Crippen LogP contribution in [0.15, 0.2) is 0 Å². The van der Waals surface area contributed by atoms with Crippen molar-refractivity contribution in [3.05, 3.63) is 0 Å². The van der Waals surface area contributed by atoms with Gasteiger partial charge in [0, 0.05) is 6.04 Å². The third kappa shape index (κ3) is 7.41. The molecule has 0 aliphatic rings. The summed E-state index contributed by atoms with van der Waals surface area (Å²) < 4.78 is 0. The van der Waals surface area contributed by atoms with Gasteiger partial charge in [0.2, 0.25) is 0 Å². The molecule has 0 spiro atoms. The summed E-state index contributed by atoms with van der Waals surface area (Å²) in [6, 6.07) is 0.715. The van der Waals surface area contributed by atoms with Crippen LogP contribution in [0.3, 0.4) is 0 Å². The number of unbranched alkanes of at least 4 members (excludes halogenated alkanes) is 1. The molecule has 0 aliphatic carbocycles. The topological polar surface area (TPSA) is 12.0 Å². The quantitative estimate of drug-likeness (QED) is 0.531. The third-order valence-corrected chi connectivity index (χ3v) is 4.47. The normalized spacial score (nSPS) is 16.8. The van der Waals surface area contributed by atoms with Crippen LogP contribution < -0.4 is 5.32 Å². The first kappa shape index (κ1) is 18.0. The molecule has 0 aromatic heterocycles. The molecule has 0 amide bonds. The predicted octanol–water partition coefficient (Wildman–Crippen LogP) is 5.25. The number of hydrogen-bond donors (Lipinski definition) is 1. The van der Waals surface area contributed by atoms with Crippen LogP contribution in [0.5, 0.6) is 0 Å². The highest BCUT2D eigenvalue weighted by Gasteiger charge is 2.22. The van der Waals surface area contributed by atoms with Crippen LogP contribution in [0.4, 0.5) is 0 Å². The fraction of sp³-hybridized carbons (Fsp3) is 1.00. The van der Waals surface area contributed by atoms with Crippen molar-refractivity contribution in [1.29, 1.82) is 0 Å². The highest BCUT2D eigenvalue weighted by Crippen LogP contribution is 2.25. The minimum Gasteiger partial charge on any atom is -0.314 e. The first-order chi connectivity index (χ1) is 8.56. The smallest absolute Gasteiger partial charge is 0.00977 e. The van der Waals surface area contributed by atoms with Gasteiger partial charge in [-0.05, 0) is 37.1 Å². The van der Waals surface area contributed by atoms with Crippen LogP contribution in [0.25, 0.3) is 0 Å². The van der Waals surface area contributed by atoms with Crippen LogP contribution >= 0.6 is 0 Å². The molecule has 0 aromatic rings. The molecule has 1 N–H and O–H groups in total. The third-order valence-electron chi connectivity index (χ3n) is 4.47. The molecule has 0 aromatic carbocycles. The molecule has 0 heterocycles. The van der Waals surface area contributed by atoms with Crippen molar-refractivity contribution >= 4 is 0 Å². The minimum atomic E-state index is 0.715. The molecule has 3 atom stereocenters. The van der Waals surface area contributed by atoms with Gasteiger partial charge >= 0.3 is 0 Å². The zero-order chi connectivity index (χ0) is 14.0. The fourth-order valence-corrected chi connectivity index (χ4v) is 2.62. The van der Waals surface area contributed by atoms with Gasteiger partial charge in [0.1, 0.15) is 0 Å². The molecule has 110 valence electrons. The van der Waals surface area contributed by atoms with Crippen molar-refractivity contribution in [2.45, 2.75) is 86.1 Å². The van der Waals surface area contributed by atoms with E-state index in [1.54, 1.807) is 0 Å². The van der Waals surface area contributed by atoms with Crippen molar-refractivity contribution in [3.8, 4) is 0 Å². The Labute approximate surface area is 116 Å². The van der Waals surface area contributed by atoms with Crippen LogP contribution in [0.2, 0.25) is 0 Å². The zero-order valence-electron chi connectivity index (χ0n) is 13.8. The molecule has 0 radical (unpaired) electrons. The van der Waals surface area contributed by atoms with Gasteiger partial charge in [0.15, 0.2) is 0 Å². The first-order valence-electron chi connectivity index (χ1n) is 8.30. The van der Waals surface area contributed by atoms with Gasteiger partial charge in [-0.15, -0.1) is 0 Å². The van der Waals surface area contributed by atoms with Crippen molar-refractivity contribution in [1.82, 2.24) is 5.32 Å². The Kier molecular flexibility index (Phi) is 10.8. The van der Waals surface area contributed by atoms with Gasteiger partial charge < -0.3 is 5.32 Å². The van der Waals surface area contributed by atoms with E-state index in [0.29, 0.717) is 6.04 Å². The molecule has 1 heteroatoms. The second-order valence-electron chi connectivity index (χ2n) is 6.32. The van der Waals surface area contributed by atoms with Gasteiger partial charge in [-0.2, -0.15) is 0 Å². The molecule has 18 heavy (non-hydrogen) atoms. The van der Waals surface area contributed by atoms with Gasteiger partial charge in [-0.1, -0.05) is 67.2 Å². The van der Waals surface area contributed by atoms with Crippen LogP contribution in [0.1, 0.15) is 80.1 Å². The Hall–Kier alpha value is -0.0400. The maximum Gasteiger partial charge on any atom is 0.00977 e. The minimum absolute atomic E-state index is 0.715. The summed E-state index contributed by atoms with van der Waals surface area (Å²) in [5.41, 5.74) is 0. The maximum absolute atomic E-state index is 3.79. The van der Waals surface area contributed by atoms with Gasteiger partial charge in [0.25, 0.3) is 0 Å².